The summed E-state index contributed by atoms with van der Waals surface area (Å²) in [5, 5.41) is 6.67. The molecule has 0 spiro atoms. The number of hydrogen-bond acceptors (Lipinski definition) is 5. The smallest absolute Gasteiger partial charge is 0.262 e. The quantitative estimate of drug-likeness (QED) is 0.501. The van der Waals surface area contributed by atoms with Gasteiger partial charge in [0.2, 0.25) is 11.8 Å². The Morgan fingerprint density at radius 3 is 2.57 bits per heavy atom. The molecule has 0 aliphatic rings. The van der Waals surface area contributed by atoms with Crippen LogP contribution in [0.15, 0.2) is 28.2 Å². The molecule has 1 heterocycles. The number of thioether (sulfide) groups is 1. The van der Waals surface area contributed by atoms with Gasteiger partial charge in [-0.15, -0.1) is 0 Å². The molecular formula is C19H25ClN4O3S. The van der Waals surface area contributed by atoms with Gasteiger partial charge in [-0.2, -0.15) is 0 Å². The SMILES string of the molecule is CC(C)Cn1c(SCC(=O)NCC(=O)NC(C)C)nc2ccc(Cl)cc2c1=O. The molecular weight excluding hydrogens is 400 g/mol. The summed E-state index contributed by atoms with van der Waals surface area (Å²) in [5.74, 6) is -0.265. The van der Waals surface area contributed by atoms with Crippen molar-refractivity contribution in [3.05, 3.63) is 33.6 Å². The van der Waals surface area contributed by atoms with E-state index in [1.165, 1.54) is 11.8 Å². The highest BCUT2D eigenvalue weighted by Gasteiger charge is 2.15. The van der Waals surface area contributed by atoms with Crippen molar-refractivity contribution in [3.63, 3.8) is 0 Å². The molecule has 1 aromatic carbocycles. The lowest BCUT2D eigenvalue weighted by Crippen LogP contribution is -2.40. The maximum atomic E-state index is 12.9. The topological polar surface area (TPSA) is 93.1 Å². The highest BCUT2D eigenvalue weighted by Crippen LogP contribution is 2.21. The number of rotatable bonds is 8. The number of amides is 2. The fraction of sp³-hybridized carbons (Fsp3) is 0.474. The van der Waals surface area contributed by atoms with Crippen molar-refractivity contribution in [2.24, 2.45) is 5.92 Å². The summed E-state index contributed by atoms with van der Waals surface area (Å²) in [4.78, 5) is 41.2. The number of aromatic nitrogens is 2. The van der Waals surface area contributed by atoms with Crippen LogP contribution in [0.2, 0.25) is 5.02 Å². The van der Waals surface area contributed by atoms with Crippen molar-refractivity contribution in [1.82, 2.24) is 20.2 Å². The third-order valence-electron chi connectivity index (χ3n) is 3.66. The van der Waals surface area contributed by atoms with Crippen LogP contribution in [-0.4, -0.2) is 39.7 Å². The van der Waals surface area contributed by atoms with Crippen LogP contribution in [0.3, 0.4) is 0 Å². The Morgan fingerprint density at radius 2 is 1.93 bits per heavy atom. The molecule has 1 aromatic heterocycles. The lowest BCUT2D eigenvalue weighted by Gasteiger charge is -2.15. The standard InChI is InChI=1S/C19H25ClN4O3S/c1-11(2)9-24-18(27)14-7-13(20)5-6-15(14)23-19(24)28-10-17(26)21-8-16(25)22-12(3)4/h5-7,11-12H,8-10H2,1-4H3,(H,21,26)(H,22,25). The largest absolute Gasteiger partial charge is 0.352 e. The van der Waals surface area contributed by atoms with Crippen molar-refractivity contribution >= 4 is 46.1 Å². The van der Waals surface area contributed by atoms with Crippen LogP contribution in [0, 0.1) is 5.92 Å². The third-order valence-corrected chi connectivity index (χ3v) is 4.87. The van der Waals surface area contributed by atoms with Gasteiger partial charge in [-0.1, -0.05) is 37.2 Å². The number of carbonyl (C=O) groups excluding carboxylic acids is 2. The Balaban J connectivity index is 2.16. The Morgan fingerprint density at radius 1 is 1.21 bits per heavy atom. The zero-order valence-electron chi connectivity index (χ0n) is 16.4. The normalized spacial score (nSPS) is 11.2. The summed E-state index contributed by atoms with van der Waals surface area (Å²) in [6.45, 7) is 8.10. The van der Waals surface area contributed by atoms with Crippen LogP contribution < -0.4 is 16.2 Å². The number of hydrogen-bond donors (Lipinski definition) is 2. The van der Waals surface area contributed by atoms with Crippen LogP contribution in [0.1, 0.15) is 27.7 Å². The molecule has 0 unspecified atom stereocenters. The molecule has 0 aliphatic carbocycles. The molecule has 0 aliphatic heterocycles. The van der Waals surface area contributed by atoms with Crippen molar-refractivity contribution in [2.75, 3.05) is 12.3 Å². The van der Waals surface area contributed by atoms with E-state index in [0.717, 1.165) is 0 Å². The van der Waals surface area contributed by atoms with Crippen LogP contribution in [0.4, 0.5) is 0 Å². The molecule has 152 valence electrons. The van der Waals surface area contributed by atoms with Crippen LogP contribution >= 0.6 is 23.4 Å². The third kappa shape index (κ3) is 6.24. The average Bonchev–Trinajstić information content (AvgIpc) is 2.60. The zero-order chi connectivity index (χ0) is 20.8. The van der Waals surface area contributed by atoms with Gasteiger partial charge in [0.25, 0.3) is 5.56 Å². The van der Waals surface area contributed by atoms with Gasteiger partial charge in [0, 0.05) is 17.6 Å². The maximum absolute atomic E-state index is 12.9. The monoisotopic (exact) mass is 424 g/mol. The number of nitrogens with one attached hydrogen (secondary N) is 2. The van der Waals surface area contributed by atoms with Crippen LogP contribution in [-0.2, 0) is 16.1 Å². The second kappa shape index (κ2) is 9.93. The zero-order valence-corrected chi connectivity index (χ0v) is 18.0. The summed E-state index contributed by atoms with van der Waals surface area (Å²) in [6, 6.07) is 4.99. The van der Waals surface area contributed by atoms with Gasteiger partial charge >= 0.3 is 0 Å². The van der Waals surface area contributed by atoms with Gasteiger partial charge in [-0.05, 0) is 38.0 Å². The molecule has 0 atom stereocenters. The number of carbonyl (C=O) groups is 2. The minimum Gasteiger partial charge on any atom is -0.352 e. The molecule has 0 saturated carbocycles. The van der Waals surface area contributed by atoms with Crippen molar-refractivity contribution in [2.45, 2.75) is 45.4 Å². The molecule has 0 bridgehead atoms. The summed E-state index contributed by atoms with van der Waals surface area (Å²) in [5.41, 5.74) is 0.356. The van der Waals surface area contributed by atoms with E-state index in [9.17, 15) is 14.4 Å². The Bertz CT molecular complexity index is 927. The summed E-state index contributed by atoms with van der Waals surface area (Å²) < 4.78 is 1.58. The first-order valence-corrected chi connectivity index (χ1v) is 10.4. The second-order valence-electron chi connectivity index (χ2n) is 7.15. The Labute approximate surface area is 173 Å². The van der Waals surface area contributed by atoms with E-state index < -0.39 is 0 Å². The van der Waals surface area contributed by atoms with Gasteiger partial charge in [-0.3, -0.25) is 19.0 Å². The maximum Gasteiger partial charge on any atom is 0.262 e. The molecule has 9 heteroatoms. The summed E-state index contributed by atoms with van der Waals surface area (Å²) in [7, 11) is 0. The summed E-state index contributed by atoms with van der Waals surface area (Å²) >= 11 is 7.19. The number of benzene rings is 1. The fourth-order valence-electron chi connectivity index (χ4n) is 2.54. The van der Waals surface area contributed by atoms with Crippen LogP contribution in [0.25, 0.3) is 10.9 Å². The molecule has 7 nitrogen and oxygen atoms in total. The predicted molar refractivity (Wildman–Crippen MR) is 113 cm³/mol. The van der Waals surface area contributed by atoms with E-state index in [0.29, 0.717) is 27.6 Å². The highest BCUT2D eigenvalue weighted by molar-refractivity contribution is 7.99. The van der Waals surface area contributed by atoms with Crippen molar-refractivity contribution < 1.29 is 9.59 Å². The van der Waals surface area contributed by atoms with E-state index in [-0.39, 0.29) is 41.6 Å². The van der Waals surface area contributed by atoms with E-state index in [2.05, 4.69) is 15.6 Å². The van der Waals surface area contributed by atoms with Gasteiger partial charge < -0.3 is 10.6 Å². The minimum absolute atomic E-state index is 0.0135. The lowest BCUT2D eigenvalue weighted by molar-refractivity contribution is -0.125. The first-order valence-electron chi connectivity index (χ1n) is 9.06. The highest BCUT2D eigenvalue weighted by atomic mass is 35.5. The molecule has 2 rings (SSSR count). The number of fused-ring (bicyclic) bond motifs is 1. The second-order valence-corrected chi connectivity index (χ2v) is 8.53. The van der Waals surface area contributed by atoms with Gasteiger partial charge in [-0.25, -0.2) is 4.98 Å². The molecule has 28 heavy (non-hydrogen) atoms. The van der Waals surface area contributed by atoms with Gasteiger partial charge in [0.15, 0.2) is 5.16 Å². The van der Waals surface area contributed by atoms with E-state index in [1.54, 1.807) is 22.8 Å². The van der Waals surface area contributed by atoms with E-state index >= 15 is 0 Å². The lowest BCUT2D eigenvalue weighted by atomic mass is 10.2. The minimum atomic E-state index is -0.301. The molecule has 2 amide bonds. The summed E-state index contributed by atoms with van der Waals surface area (Å²) in [6.07, 6.45) is 0. The van der Waals surface area contributed by atoms with Gasteiger partial charge in [0.05, 0.1) is 23.2 Å². The molecule has 0 saturated heterocycles. The van der Waals surface area contributed by atoms with Gasteiger partial charge in [0.1, 0.15) is 0 Å². The number of nitrogens with zero attached hydrogens (tertiary/aromatic N) is 2. The van der Waals surface area contributed by atoms with Crippen molar-refractivity contribution in [3.8, 4) is 0 Å². The molecule has 0 radical (unpaired) electrons. The van der Waals surface area contributed by atoms with E-state index in [4.69, 9.17) is 11.6 Å². The Hall–Kier alpha value is -2.06. The average molecular weight is 425 g/mol. The first kappa shape index (κ1) is 22.2. The number of halogens is 1. The predicted octanol–water partition coefficient (Wildman–Crippen LogP) is 2.44. The molecule has 2 aromatic rings. The fourth-order valence-corrected chi connectivity index (χ4v) is 3.55. The van der Waals surface area contributed by atoms with Crippen LogP contribution in [0.5, 0.6) is 0 Å². The Kier molecular flexibility index (Phi) is 7.88. The van der Waals surface area contributed by atoms with E-state index in [1.807, 2.05) is 27.7 Å². The van der Waals surface area contributed by atoms with Crippen molar-refractivity contribution in [1.29, 1.82) is 0 Å². The molecule has 2 N–H and O–H groups in total. The molecule has 0 fully saturated rings. The first-order chi connectivity index (χ1) is 13.2.